The molecule has 1 atom stereocenters. The summed E-state index contributed by atoms with van der Waals surface area (Å²) in [6, 6.07) is 10.1. The first-order chi connectivity index (χ1) is 18.1. The number of nitrogens with zero attached hydrogens (tertiary/aromatic N) is 8. The Morgan fingerprint density at radius 1 is 1.00 bits per heavy atom. The minimum atomic E-state index is 0.0255. The Kier molecular flexibility index (Phi) is 7.08. The maximum atomic E-state index is 13.2. The molecule has 0 bridgehead atoms. The van der Waals surface area contributed by atoms with Gasteiger partial charge in [-0.2, -0.15) is 5.10 Å². The van der Waals surface area contributed by atoms with Gasteiger partial charge in [-0.15, -0.1) is 21.5 Å². The zero-order valence-corrected chi connectivity index (χ0v) is 22.1. The summed E-state index contributed by atoms with van der Waals surface area (Å²) < 4.78 is 7.48. The molecule has 6 rings (SSSR count). The molecule has 3 aromatic heterocycles. The second-order valence-electron chi connectivity index (χ2n) is 9.97. The average Bonchev–Trinajstić information content (AvgIpc) is 3.72. The van der Waals surface area contributed by atoms with Crippen LogP contribution in [-0.2, 0) is 11.8 Å². The van der Waals surface area contributed by atoms with Crippen molar-refractivity contribution in [3.05, 3.63) is 41.4 Å². The molecule has 3 aliphatic heterocycles. The number of aryl methyl sites for hydroxylation is 1. The lowest BCUT2D eigenvalue weighted by molar-refractivity contribution is 0.0712. The predicted octanol–water partition coefficient (Wildman–Crippen LogP) is 2.20. The number of hydrogen-bond acceptors (Lipinski definition) is 9. The van der Waals surface area contributed by atoms with Crippen LogP contribution in [0.25, 0.3) is 10.6 Å². The Balaban J connectivity index is 1.00. The van der Waals surface area contributed by atoms with E-state index in [1.54, 1.807) is 16.0 Å². The maximum Gasteiger partial charge on any atom is 0.272 e. The van der Waals surface area contributed by atoms with E-state index in [9.17, 15) is 4.79 Å². The minimum Gasteiger partial charge on any atom is -0.377 e. The molecule has 6 heterocycles. The van der Waals surface area contributed by atoms with Crippen LogP contribution in [0.15, 0.2) is 35.7 Å². The Morgan fingerprint density at radius 2 is 1.70 bits per heavy atom. The van der Waals surface area contributed by atoms with E-state index in [0.29, 0.717) is 24.9 Å². The Hall–Kier alpha value is -3.02. The van der Waals surface area contributed by atoms with Crippen molar-refractivity contribution < 1.29 is 9.53 Å². The van der Waals surface area contributed by atoms with Crippen LogP contribution in [0.3, 0.4) is 0 Å². The van der Waals surface area contributed by atoms with Crippen LogP contribution < -0.4 is 9.80 Å². The van der Waals surface area contributed by atoms with E-state index in [1.165, 1.54) is 12.8 Å². The number of aromatic nitrogens is 4. The van der Waals surface area contributed by atoms with Gasteiger partial charge in [-0.05, 0) is 42.5 Å². The Morgan fingerprint density at radius 3 is 2.30 bits per heavy atom. The summed E-state index contributed by atoms with van der Waals surface area (Å²) in [6.45, 7) is 8.71. The van der Waals surface area contributed by atoms with Crippen LogP contribution in [-0.4, -0.2) is 107 Å². The summed E-state index contributed by atoms with van der Waals surface area (Å²) in [5.74, 6) is 1.83. The number of piperazine rings is 2. The van der Waals surface area contributed by atoms with Crippen molar-refractivity contribution in [1.29, 1.82) is 0 Å². The van der Waals surface area contributed by atoms with Gasteiger partial charge in [-0.1, -0.05) is 6.07 Å². The fourth-order valence-corrected chi connectivity index (χ4v) is 6.09. The molecule has 3 fully saturated rings. The highest BCUT2D eigenvalue weighted by Crippen LogP contribution is 2.25. The molecule has 3 aliphatic rings. The SMILES string of the molecule is Cn1nc(-c2cccs2)cc1C(=O)N1CCN(c2ccc(N3CCN(CC4CCCO4)CC3)nn2)CC1. The van der Waals surface area contributed by atoms with E-state index < -0.39 is 0 Å². The molecule has 1 amide bonds. The summed E-state index contributed by atoms with van der Waals surface area (Å²) >= 11 is 1.63. The number of carbonyl (C=O) groups is 1. The highest BCUT2D eigenvalue weighted by Gasteiger charge is 2.27. The van der Waals surface area contributed by atoms with Crippen molar-refractivity contribution >= 4 is 28.9 Å². The van der Waals surface area contributed by atoms with Crippen molar-refractivity contribution in [3.8, 4) is 10.6 Å². The van der Waals surface area contributed by atoms with Gasteiger partial charge in [0.25, 0.3) is 5.91 Å². The summed E-state index contributed by atoms with van der Waals surface area (Å²) in [4.78, 5) is 23.2. The van der Waals surface area contributed by atoms with Crippen molar-refractivity contribution in [2.24, 2.45) is 7.05 Å². The first kappa shape index (κ1) is 24.3. The van der Waals surface area contributed by atoms with Crippen LogP contribution in [0.4, 0.5) is 11.6 Å². The molecule has 0 N–H and O–H groups in total. The number of amides is 1. The van der Waals surface area contributed by atoms with Gasteiger partial charge in [0.15, 0.2) is 11.6 Å². The second-order valence-corrected chi connectivity index (χ2v) is 10.9. The summed E-state index contributed by atoms with van der Waals surface area (Å²) in [5.41, 5.74) is 1.47. The van der Waals surface area contributed by atoms with Crippen LogP contribution in [0.1, 0.15) is 23.3 Å². The van der Waals surface area contributed by atoms with Crippen LogP contribution >= 0.6 is 11.3 Å². The molecule has 0 spiro atoms. The molecule has 11 heteroatoms. The number of rotatable bonds is 6. The van der Waals surface area contributed by atoms with Crippen molar-refractivity contribution in [2.45, 2.75) is 18.9 Å². The molecule has 0 saturated carbocycles. The lowest BCUT2D eigenvalue weighted by atomic mass is 10.2. The van der Waals surface area contributed by atoms with E-state index in [0.717, 1.165) is 74.6 Å². The van der Waals surface area contributed by atoms with Gasteiger partial charge < -0.3 is 19.4 Å². The fraction of sp³-hybridized carbons (Fsp3) is 0.538. The van der Waals surface area contributed by atoms with Gasteiger partial charge in [-0.3, -0.25) is 14.4 Å². The molecule has 10 nitrogen and oxygen atoms in total. The van der Waals surface area contributed by atoms with Gasteiger partial charge in [0.05, 0.1) is 11.0 Å². The van der Waals surface area contributed by atoms with Gasteiger partial charge in [0, 0.05) is 72.6 Å². The molecule has 1 unspecified atom stereocenters. The summed E-state index contributed by atoms with van der Waals surface area (Å²) in [7, 11) is 1.83. The van der Waals surface area contributed by atoms with Crippen LogP contribution in [0, 0.1) is 0 Å². The standard InChI is InChI=1S/C26H34N8O2S/c1-30-22(18-21(29-30)23-5-3-17-37-23)26(35)34-14-12-33(13-15-34)25-7-6-24(27-28-25)32-10-8-31(9-11-32)19-20-4-2-16-36-20/h3,5-7,17-18,20H,2,4,8-16,19H2,1H3. The predicted molar refractivity (Wildman–Crippen MR) is 144 cm³/mol. The first-order valence-corrected chi connectivity index (χ1v) is 14.1. The molecule has 3 aromatic rings. The molecule has 0 aromatic carbocycles. The van der Waals surface area contributed by atoms with Crippen molar-refractivity contribution in [3.63, 3.8) is 0 Å². The Labute approximate surface area is 221 Å². The normalized spacial score (nSPS) is 21.1. The summed E-state index contributed by atoms with van der Waals surface area (Å²) in [5, 5.41) is 15.6. The first-order valence-electron chi connectivity index (χ1n) is 13.2. The highest BCUT2D eigenvalue weighted by molar-refractivity contribution is 7.13. The fourth-order valence-electron chi connectivity index (χ4n) is 5.40. The van der Waals surface area contributed by atoms with Gasteiger partial charge in [0.2, 0.25) is 0 Å². The average molecular weight is 523 g/mol. The van der Waals surface area contributed by atoms with E-state index in [4.69, 9.17) is 4.74 Å². The zero-order chi connectivity index (χ0) is 25.2. The van der Waals surface area contributed by atoms with E-state index >= 15 is 0 Å². The molecule has 37 heavy (non-hydrogen) atoms. The number of thiophene rings is 1. The van der Waals surface area contributed by atoms with Gasteiger partial charge in [-0.25, -0.2) is 0 Å². The molecule has 0 radical (unpaired) electrons. The number of hydrogen-bond donors (Lipinski definition) is 0. The lowest BCUT2D eigenvalue weighted by Gasteiger charge is -2.37. The van der Waals surface area contributed by atoms with Crippen molar-refractivity contribution in [2.75, 3.05) is 75.3 Å². The smallest absolute Gasteiger partial charge is 0.272 e. The zero-order valence-electron chi connectivity index (χ0n) is 21.3. The van der Waals surface area contributed by atoms with Gasteiger partial charge in [0.1, 0.15) is 11.4 Å². The molecule has 0 aliphatic carbocycles. The molecule has 3 saturated heterocycles. The van der Waals surface area contributed by atoms with E-state index in [2.05, 4.69) is 42.1 Å². The molecule has 196 valence electrons. The van der Waals surface area contributed by atoms with Gasteiger partial charge >= 0.3 is 0 Å². The Bertz CT molecular complexity index is 1180. The van der Waals surface area contributed by atoms with Crippen molar-refractivity contribution in [1.82, 2.24) is 29.8 Å². The maximum absolute atomic E-state index is 13.2. The highest BCUT2D eigenvalue weighted by atomic mass is 32.1. The number of carbonyl (C=O) groups excluding carboxylic acids is 1. The van der Waals surface area contributed by atoms with E-state index in [-0.39, 0.29) is 5.91 Å². The quantitative estimate of drug-likeness (QED) is 0.487. The minimum absolute atomic E-state index is 0.0255. The van der Waals surface area contributed by atoms with Crippen LogP contribution in [0.2, 0.25) is 0 Å². The molecular weight excluding hydrogens is 488 g/mol. The third kappa shape index (κ3) is 5.34. The lowest BCUT2D eigenvalue weighted by Crippen LogP contribution is -2.49. The largest absolute Gasteiger partial charge is 0.377 e. The van der Waals surface area contributed by atoms with E-state index in [1.807, 2.05) is 35.5 Å². The third-order valence-corrected chi connectivity index (χ3v) is 8.47. The third-order valence-electron chi connectivity index (χ3n) is 7.58. The summed E-state index contributed by atoms with van der Waals surface area (Å²) in [6.07, 6.45) is 2.79. The monoisotopic (exact) mass is 522 g/mol. The topological polar surface area (TPSA) is 82.9 Å². The second kappa shape index (κ2) is 10.8. The number of anilines is 2. The number of ether oxygens (including phenoxy) is 1. The molecular formula is C26H34N8O2S. The van der Waals surface area contributed by atoms with Crippen LogP contribution in [0.5, 0.6) is 0 Å².